The van der Waals surface area contributed by atoms with Crippen molar-refractivity contribution < 1.29 is 9.18 Å². The fourth-order valence-electron chi connectivity index (χ4n) is 5.98. The Labute approximate surface area is 270 Å². The van der Waals surface area contributed by atoms with Gasteiger partial charge in [-0.25, -0.2) is 9.37 Å². The van der Waals surface area contributed by atoms with E-state index in [0.29, 0.717) is 33.0 Å². The van der Waals surface area contributed by atoms with Gasteiger partial charge in [-0.15, -0.1) is 0 Å². The fourth-order valence-corrected chi connectivity index (χ4v) is 7.40. The molecule has 0 bridgehead atoms. The van der Waals surface area contributed by atoms with Gasteiger partial charge in [-0.3, -0.25) is 9.69 Å². The van der Waals surface area contributed by atoms with E-state index in [1.807, 2.05) is 36.1 Å². The zero-order valence-electron chi connectivity index (χ0n) is 23.5. The van der Waals surface area contributed by atoms with Crippen LogP contribution in [0.1, 0.15) is 40.0 Å². The Hall–Kier alpha value is -2.87. The number of amides is 1. The first-order valence-electron chi connectivity index (χ1n) is 14.1. The number of aromatic nitrogens is 1. The Morgan fingerprint density at radius 1 is 0.953 bits per heavy atom. The second-order valence-electron chi connectivity index (χ2n) is 11.1. The van der Waals surface area contributed by atoms with Crippen LogP contribution in [0.25, 0.3) is 6.08 Å². The van der Waals surface area contributed by atoms with Crippen molar-refractivity contribution in [3.63, 3.8) is 0 Å². The second kappa shape index (κ2) is 12.6. The number of anilines is 1. The number of halogens is 4. The van der Waals surface area contributed by atoms with Gasteiger partial charge in [-0.2, -0.15) is 0 Å². The summed E-state index contributed by atoms with van der Waals surface area (Å²) in [5.74, 6) is -0.326. The van der Waals surface area contributed by atoms with Crippen molar-refractivity contribution in [3.8, 4) is 0 Å². The maximum Gasteiger partial charge on any atom is 0.258 e. The molecule has 0 N–H and O–H groups in total. The summed E-state index contributed by atoms with van der Waals surface area (Å²) in [6, 6.07) is 21.9. The Morgan fingerprint density at radius 3 is 2.42 bits per heavy atom. The number of fused-ring (bicyclic) bond motifs is 2. The normalized spacial score (nSPS) is 16.3. The lowest BCUT2D eigenvalue weighted by Crippen LogP contribution is -2.46. The van der Waals surface area contributed by atoms with Crippen molar-refractivity contribution in [2.75, 3.05) is 31.1 Å². The highest BCUT2D eigenvalue weighted by Gasteiger charge is 2.46. The highest BCUT2D eigenvalue weighted by atomic mass is 35.5. The predicted octanol–water partition coefficient (Wildman–Crippen LogP) is 9.35. The summed E-state index contributed by atoms with van der Waals surface area (Å²) >= 11 is 20.1. The summed E-state index contributed by atoms with van der Waals surface area (Å²) in [6.45, 7) is 5.08. The molecule has 1 saturated heterocycles. The minimum atomic E-state index is -0.253. The lowest BCUT2D eigenvalue weighted by Gasteiger charge is -2.39. The summed E-state index contributed by atoms with van der Waals surface area (Å²) in [5, 5.41) is 1.40. The zero-order valence-corrected chi connectivity index (χ0v) is 26.6. The van der Waals surface area contributed by atoms with Crippen LogP contribution in [0.4, 0.5) is 10.1 Å². The molecule has 220 valence electrons. The molecule has 1 fully saturated rings. The van der Waals surface area contributed by atoms with Gasteiger partial charge in [0.15, 0.2) is 0 Å². The third-order valence-corrected chi connectivity index (χ3v) is 10.1. The van der Waals surface area contributed by atoms with Crippen LogP contribution in [0, 0.1) is 12.7 Å². The van der Waals surface area contributed by atoms with Gasteiger partial charge in [0, 0.05) is 45.2 Å². The van der Waals surface area contributed by atoms with Crippen molar-refractivity contribution in [1.29, 1.82) is 0 Å². The van der Waals surface area contributed by atoms with Crippen LogP contribution in [0.15, 0.2) is 88.7 Å². The van der Waals surface area contributed by atoms with E-state index in [0.717, 1.165) is 53.5 Å². The van der Waals surface area contributed by atoms with E-state index in [1.54, 1.807) is 36.0 Å². The van der Waals surface area contributed by atoms with Gasteiger partial charge in [0.05, 0.1) is 10.0 Å². The highest BCUT2D eigenvalue weighted by molar-refractivity contribution is 7.99. The number of rotatable bonds is 6. The summed E-state index contributed by atoms with van der Waals surface area (Å²) in [7, 11) is 0. The first kappa shape index (κ1) is 30.2. The molecule has 2 aliphatic heterocycles. The standard InChI is InChI=1S/C34H29Cl3FN3OS/c1-22-17-24(19-32(37)39-22)33(42)41-21-34(28-20-27(9-11-31(28)41)43-26-7-5-25(38)6-8-26)12-15-40(16-13-34)14-2-3-23-4-10-29(35)30(36)18-23/h2-11,17-20H,12-16,21H2,1H3. The Balaban J connectivity index is 1.24. The summed E-state index contributed by atoms with van der Waals surface area (Å²) in [5.41, 5.74) is 4.22. The molecule has 3 aromatic carbocycles. The Morgan fingerprint density at radius 2 is 1.70 bits per heavy atom. The lowest BCUT2D eigenvalue weighted by molar-refractivity contribution is 0.0977. The number of carbonyl (C=O) groups excluding carboxylic acids is 1. The van der Waals surface area contributed by atoms with E-state index < -0.39 is 0 Å². The van der Waals surface area contributed by atoms with Crippen LogP contribution >= 0.6 is 46.6 Å². The van der Waals surface area contributed by atoms with E-state index in [1.165, 1.54) is 17.7 Å². The Bertz CT molecular complexity index is 1680. The van der Waals surface area contributed by atoms with Crippen LogP contribution in [0.3, 0.4) is 0 Å². The fraction of sp³-hybridized carbons (Fsp3) is 0.235. The highest BCUT2D eigenvalue weighted by Crippen LogP contribution is 2.49. The minimum absolute atomic E-state index is 0.0727. The molecule has 0 aliphatic carbocycles. The molecule has 2 aliphatic rings. The van der Waals surface area contributed by atoms with Crippen LogP contribution in [0.2, 0.25) is 15.2 Å². The SMILES string of the molecule is Cc1cc(C(=O)N2CC3(CCN(CC=Cc4ccc(Cl)c(Cl)c4)CC3)c3cc(Sc4ccc(F)cc4)ccc32)cc(Cl)n1. The monoisotopic (exact) mass is 651 g/mol. The molecule has 0 radical (unpaired) electrons. The molecular formula is C34H29Cl3FN3OS. The van der Waals surface area contributed by atoms with Crippen LogP contribution < -0.4 is 4.90 Å². The van der Waals surface area contributed by atoms with Crippen LogP contribution in [0.5, 0.6) is 0 Å². The molecule has 3 heterocycles. The third-order valence-electron chi connectivity index (χ3n) is 8.19. The maximum atomic E-state index is 13.9. The van der Waals surface area contributed by atoms with Gasteiger partial charge in [-0.05, 0) is 111 Å². The van der Waals surface area contributed by atoms with Crippen molar-refractivity contribution >= 4 is 64.2 Å². The maximum absolute atomic E-state index is 13.9. The number of pyridine rings is 1. The summed E-state index contributed by atoms with van der Waals surface area (Å²) < 4.78 is 13.5. The van der Waals surface area contributed by atoms with Gasteiger partial charge >= 0.3 is 0 Å². The van der Waals surface area contributed by atoms with E-state index >= 15 is 0 Å². The number of benzene rings is 3. The molecule has 1 aromatic heterocycles. The number of hydrogen-bond acceptors (Lipinski definition) is 4. The molecule has 43 heavy (non-hydrogen) atoms. The molecule has 0 atom stereocenters. The van der Waals surface area contributed by atoms with Crippen molar-refractivity contribution in [2.45, 2.75) is 35.0 Å². The first-order chi connectivity index (χ1) is 20.7. The number of aryl methyl sites for hydroxylation is 1. The quantitative estimate of drug-likeness (QED) is 0.195. The van der Waals surface area contributed by atoms with E-state index in [4.69, 9.17) is 34.8 Å². The first-order valence-corrected chi connectivity index (χ1v) is 16.0. The van der Waals surface area contributed by atoms with Gasteiger partial charge in [0.1, 0.15) is 11.0 Å². The molecule has 1 spiro atoms. The molecule has 0 saturated carbocycles. The average molecular weight is 653 g/mol. The summed E-state index contributed by atoms with van der Waals surface area (Å²) in [4.78, 5) is 24.5. The van der Waals surface area contributed by atoms with Gasteiger partial charge < -0.3 is 4.90 Å². The number of hydrogen-bond donors (Lipinski definition) is 0. The molecule has 4 aromatic rings. The lowest BCUT2D eigenvalue weighted by atomic mass is 9.74. The molecule has 9 heteroatoms. The summed E-state index contributed by atoms with van der Waals surface area (Å²) in [6.07, 6.45) is 6.07. The largest absolute Gasteiger partial charge is 0.307 e. The zero-order chi connectivity index (χ0) is 30.1. The number of nitrogens with zero attached hydrogens (tertiary/aromatic N) is 3. The molecule has 0 unspecified atom stereocenters. The smallest absolute Gasteiger partial charge is 0.258 e. The van der Waals surface area contributed by atoms with E-state index in [2.05, 4.69) is 34.2 Å². The van der Waals surface area contributed by atoms with Crippen molar-refractivity contribution in [3.05, 3.63) is 122 Å². The molecular weight excluding hydrogens is 624 g/mol. The number of carbonyl (C=O) groups is 1. The van der Waals surface area contributed by atoms with Crippen molar-refractivity contribution in [1.82, 2.24) is 9.88 Å². The van der Waals surface area contributed by atoms with Gasteiger partial charge in [0.2, 0.25) is 0 Å². The number of piperidine rings is 1. The van der Waals surface area contributed by atoms with Crippen molar-refractivity contribution in [2.24, 2.45) is 0 Å². The molecule has 1 amide bonds. The number of likely N-dealkylation sites (tertiary alicyclic amines) is 1. The van der Waals surface area contributed by atoms with Gasteiger partial charge in [-0.1, -0.05) is 64.8 Å². The molecule has 4 nitrogen and oxygen atoms in total. The second-order valence-corrected chi connectivity index (χ2v) is 13.5. The molecule has 6 rings (SSSR count). The third kappa shape index (κ3) is 6.64. The van der Waals surface area contributed by atoms with E-state index in [9.17, 15) is 9.18 Å². The topological polar surface area (TPSA) is 36.4 Å². The van der Waals surface area contributed by atoms with E-state index in [-0.39, 0.29) is 17.1 Å². The predicted molar refractivity (Wildman–Crippen MR) is 175 cm³/mol. The Kier molecular flexibility index (Phi) is 8.86. The minimum Gasteiger partial charge on any atom is -0.307 e. The van der Waals surface area contributed by atoms with Crippen LogP contribution in [-0.2, 0) is 5.41 Å². The average Bonchev–Trinajstić information content (AvgIpc) is 3.29. The van der Waals surface area contributed by atoms with Crippen LogP contribution in [-0.4, -0.2) is 42.0 Å². The van der Waals surface area contributed by atoms with Gasteiger partial charge in [0.25, 0.3) is 5.91 Å².